The number of piperidine rings is 1. The van der Waals surface area contributed by atoms with Gasteiger partial charge in [0.15, 0.2) is 0 Å². The van der Waals surface area contributed by atoms with Crippen molar-refractivity contribution in [2.75, 3.05) is 13.1 Å². The molecule has 2 nitrogen and oxygen atoms in total. The zero-order chi connectivity index (χ0) is 12.4. The molecule has 94 valence electrons. The van der Waals surface area contributed by atoms with Crippen LogP contribution in [0.2, 0.25) is 5.02 Å². The predicted molar refractivity (Wildman–Crippen MR) is 71.3 cm³/mol. The second-order valence-electron chi connectivity index (χ2n) is 5.16. The minimum Gasteiger partial charge on any atom is -0.393 e. The van der Waals surface area contributed by atoms with Crippen LogP contribution >= 0.6 is 11.6 Å². The molecule has 0 amide bonds. The molecule has 0 aliphatic carbocycles. The van der Waals surface area contributed by atoms with Crippen LogP contribution < -0.4 is 0 Å². The van der Waals surface area contributed by atoms with Gasteiger partial charge in [-0.3, -0.25) is 4.90 Å². The van der Waals surface area contributed by atoms with E-state index in [2.05, 4.69) is 30.9 Å². The standard InChI is InChI=1S/C14H20ClNO/c1-10-3-4-12(13(15)7-10)9-16-6-5-14(17)11(2)8-16/h3-4,7,11,14,17H,5-6,8-9H2,1-2H3. The van der Waals surface area contributed by atoms with E-state index in [1.54, 1.807) is 0 Å². The van der Waals surface area contributed by atoms with E-state index in [0.29, 0.717) is 5.92 Å². The first-order valence-corrected chi connectivity index (χ1v) is 6.59. The summed E-state index contributed by atoms with van der Waals surface area (Å²) < 4.78 is 0. The van der Waals surface area contributed by atoms with Crippen LogP contribution in [-0.4, -0.2) is 29.2 Å². The molecular formula is C14H20ClNO. The molecule has 1 fully saturated rings. The Bertz CT molecular complexity index is 394. The molecule has 2 atom stereocenters. The molecule has 1 aliphatic heterocycles. The molecule has 0 spiro atoms. The van der Waals surface area contributed by atoms with Gasteiger partial charge in [-0.05, 0) is 36.5 Å². The van der Waals surface area contributed by atoms with Crippen molar-refractivity contribution >= 4 is 11.6 Å². The van der Waals surface area contributed by atoms with Crippen molar-refractivity contribution in [3.63, 3.8) is 0 Å². The molecule has 0 aromatic heterocycles. The van der Waals surface area contributed by atoms with Crippen LogP contribution in [0.3, 0.4) is 0 Å². The first kappa shape index (κ1) is 12.9. The fourth-order valence-electron chi connectivity index (χ4n) is 2.38. The number of aliphatic hydroxyl groups excluding tert-OH is 1. The molecule has 17 heavy (non-hydrogen) atoms. The number of halogens is 1. The van der Waals surface area contributed by atoms with Crippen LogP contribution in [0.4, 0.5) is 0 Å². The van der Waals surface area contributed by atoms with Gasteiger partial charge >= 0.3 is 0 Å². The van der Waals surface area contributed by atoms with E-state index in [-0.39, 0.29) is 6.10 Å². The molecule has 0 radical (unpaired) electrons. The molecule has 0 saturated carbocycles. The summed E-state index contributed by atoms with van der Waals surface area (Å²) in [4.78, 5) is 2.37. The summed E-state index contributed by atoms with van der Waals surface area (Å²) >= 11 is 6.24. The van der Waals surface area contributed by atoms with Crippen LogP contribution in [0.5, 0.6) is 0 Å². The van der Waals surface area contributed by atoms with Crippen LogP contribution in [-0.2, 0) is 6.54 Å². The monoisotopic (exact) mass is 253 g/mol. The van der Waals surface area contributed by atoms with Gasteiger partial charge in [-0.2, -0.15) is 0 Å². The SMILES string of the molecule is Cc1ccc(CN2CCC(O)C(C)C2)c(Cl)c1. The Kier molecular flexibility index (Phi) is 4.08. The Morgan fingerprint density at radius 1 is 1.47 bits per heavy atom. The van der Waals surface area contributed by atoms with Crippen LogP contribution in [0.25, 0.3) is 0 Å². The molecule has 0 bridgehead atoms. The van der Waals surface area contributed by atoms with Gasteiger partial charge in [0.25, 0.3) is 0 Å². The first-order chi connectivity index (χ1) is 8.06. The summed E-state index contributed by atoms with van der Waals surface area (Å²) in [5, 5.41) is 10.6. The Balaban J connectivity index is 2.01. The Morgan fingerprint density at radius 3 is 2.88 bits per heavy atom. The van der Waals surface area contributed by atoms with Crippen molar-refractivity contribution in [3.8, 4) is 0 Å². The molecule has 1 heterocycles. The van der Waals surface area contributed by atoms with E-state index in [9.17, 15) is 5.11 Å². The lowest BCUT2D eigenvalue weighted by molar-refractivity contribution is 0.0320. The van der Waals surface area contributed by atoms with E-state index < -0.39 is 0 Å². The molecule has 2 unspecified atom stereocenters. The highest BCUT2D eigenvalue weighted by Gasteiger charge is 2.24. The second kappa shape index (κ2) is 5.38. The number of aliphatic hydroxyl groups is 1. The number of aryl methyl sites for hydroxylation is 1. The number of hydrogen-bond acceptors (Lipinski definition) is 2. The third kappa shape index (κ3) is 3.21. The fraction of sp³-hybridized carbons (Fsp3) is 0.571. The molecule has 1 aromatic carbocycles. The van der Waals surface area contributed by atoms with Crippen molar-refractivity contribution in [2.24, 2.45) is 5.92 Å². The van der Waals surface area contributed by atoms with Crippen LogP contribution in [0.15, 0.2) is 18.2 Å². The molecule has 1 aliphatic rings. The Hall–Kier alpha value is -0.570. The fourth-order valence-corrected chi connectivity index (χ4v) is 2.68. The van der Waals surface area contributed by atoms with Crippen LogP contribution in [0, 0.1) is 12.8 Å². The maximum Gasteiger partial charge on any atom is 0.0590 e. The first-order valence-electron chi connectivity index (χ1n) is 6.21. The largest absolute Gasteiger partial charge is 0.393 e. The van der Waals surface area contributed by atoms with Gasteiger partial charge in [0, 0.05) is 24.7 Å². The maximum absolute atomic E-state index is 9.70. The van der Waals surface area contributed by atoms with E-state index in [1.165, 1.54) is 11.1 Å². The third-order valence-electron chi connectivity index (χ3n) is 3.55. The van der Waals surface area contributed by atoms with Crippen LogP contribution in [0.1, 0.15) is 24.5 Å². The summed E-state index contributed by atoms with van der Waals surface area (Å²) in [5.41, 5.74) is 2.38. The summed E-state index contributed by atoms with van der Waals surface area (Å²) in [6.07, 6.45) is 0.727. The number of nitrogens with zero attached hydrogens (tertiary/aromatic N) is 1. The van der Waals surface area contributed by atoms with Gasteiger partial charge in [-0.1, -0.05) is 30.7 Å². The summed E-state index contributed by atoms with van der Waals surface area (Å²) in [6.45, 7) is 6.94. The van der Waals surface area contributed by atoms with Crippen molar-refractivity contribution in [1.29, 1.82) is 0 Å². The number of benzene rings is 1. The van der Waals surface area contributed by atoms with E-state index >= 15 is 0 Å². The lowest BCUT2D eigenvalue weighted by Crippen LogP contribution is -2.41. The van der Waals surface area contributed by atoms with Crippen molar-refractivity contribution < 1.29 is 5.11 Å². The molecule has 3 heteroatoms. The highest BCUT2D eigenvalue weighted by molar-refractivity contribution is 6.31. The van der Waals surface area contributed by atoms with Gasteiger partial charge < -0.3 is 5.11 Å². The summed E-state index contributed by atoms with van der Waals surface area (Å²) in [7, 11) is 0. The maximum atomic E-state index is 9.70. The normalized spacial score (nSPS) is 26.1. The average molecular weight is 254 g/mol. The number of likely N-dealkylation sites (tertiary alicyclic amines) is 1. The molecule has 1 aromatic rings. The minimum absolute atomic E-state index is 0.139. The van der Waals surface area contributed by atoms with E-state index in [4.69, 9.17) is 11.6 Å². The Labute approximate surface area is 108 Å². The third-order valence-corrected chi connectivity index (χ3v) is 3.90. The quantitative estimate of drug-likeness (QED) is 0.876. The van der Waals surface area contributed by atoms with Gasteiger partial charge in [0.1, 0.15) is 0 Å². The van der Waals surface area contributed by atoms with Gasteiger partial charge in [0.05, 0.1) is 6.10 Å². The van der Waals surface area contributed by atoms with Crippen molar-refractivity contribution in [1.82, 2.24) is 4.90 Å². The molecular weight excluding hydrogens is 234 g/mol. The smallest absolute Gasteiger partial charge is 0.0590 e. The van der Waals surface area contributed by atoms with Crippen molar-refractivity contribution in [3.05, 3.63) is 34.3 Å². The Morgan fingerprint density at radius 2 is 2.24 bits per heavy atom. The summed E-state index contributed by atoms with van der Waals surface area (Å²) in [5.74, 6) is 0.355. The van der Waals surface area contributed by atoms with Gasteiger partial charge in [0.2, 0.25) is 0 Å². The predicted octanol–water partition coefficient (Wildman–Crippen LogP) is 2.85. The topological polar surface area (TPSA) is 23.5 Å². The van der Waals surface area contributed by atoms with Crippen molar-refractivity contribution in [2.45, 2.75) is 32.9 Å². The van der Waals surface area contributed by atoms with Gasteiger partial charge in [-0.25, -0.2) is 0 Å². The zero-order valence-electron chi connectivity index (χ0n) is 10.5. The van der Waals surface area contributed by atoms with E-state index in [1.807, 2.05) is 6.07 Å². The lowest BCUT2D eigenvalue weighted by Gasteiger charge is -2.34. The molecule has 1 N–H and O–H groups in total. The minimum atomic E-state index is -0.139. The number of hydrogen-bond donors (Lipinski definition) is 1. The average Bonchev–Trinajstić information content (AvgIpc) is 2.27. The summed E-state index contributed by atoms with van der Waals surface area (Å²) in [6, 6.07) is 6.22. The zero-order valence-corrected chi connectivity index (χ0v) is 11.2. The second-order valence-corrected chi connectivity index (χ2v) is 5.57. The van der Waals surface area contributed by atoms with Gasteiger partial charge in [-0.15, -0.1) is 0 Å². The highest BCUT2D eigenvalue weighted by atomic mass is 35.5. The lowest BCUT2D eigenvalue weighted by atomic mass is 9.96. The molecule has 2 rings (SSSR count). The van der Waals surface area contributed by atoms with E-state index in [0.717, 1.165) is 31.1 Å². The molecule has 1 saturated heterocycles. The number of rotatable bonds is 2. The highest BCUT2D eigenvalue weighted by Crippen LogP contribution is 2.23.